The normalized spacial score (nSPS) is 14.0. The third-order valence-electron chi connectivity index (χ3n) is 15.5. The molecule has 0 heterocycles. The number of carbonyl (C=O) groups excluding carboxylic acids is 13. The molecule has 2 rings (SSSR count). The molecule has 0 aliphatic rings. The predicted octanol–water partition coefficient (Wildman–Crippen LogP) is -11.7. The second-order valence-corrected chi connectivity index (χ2v) is 25.2. The highest BCUT2D eigenvalue weighted by molar-refractivity contribution is 5.99. The Balaban J connectivity index is 1.90. The lowest BCUT2D eigenvalue weighted by molar-refractivity contribution is -0.444. The number of nitrogens with two attached hydrogens (primary N) is 6. The van der Waals surface area contributed by atoms with Crippen molar-refractivity contribution in [3.8, 4) is 0 Å². The van der Waals surface area contributed by atoms with E-state index < -0.39 is 182 Å². The van der Waals surface area contributed by atoms with Crippen LogP contribution >= 0.6 is 0 Å². The van der Waals surface area contributed by atoms with Gasteiger partial charge in [-0.05, 0) is 95.3 Å². The summed E-state index contributed by atoms with van der Waals surface area (Å²) in [6, 6.07) is 5.14. The van der Waals surface area contributed by atoms with Gasteiger partial charge in [0.1, 0.15) is 54.5 Å². The first-order valence-electron chi connectivity index (χ1n) is 35.1. The number of amides is 13. The highest BCUT2D eigenvalue weighted by Crippen LogP contribution is 2.11. The zero-order chi connectivity index (χ0) is 79.6. The van der Waals surface area contributed by atoms with E-state index in [4.69, 9.17) is 34.4 Å². The lowest BCUT2D eigenvalue weighted by atomic mass is 10.0. The van der Waals surface area contributed by atoms with E-state index in [1.54, 1.807) is 45.3 Å². The Kier molecular flexibility index (Phi) is 46.2. The number of hydrogen-bond donors (Lipinski definition) is 24. The third kappa shape index (κ3) is 41.7. The molecule has 0 saturated carbocycles. The van der Waals surface area contributed by atoms with E-state index in [1.165, 1.54) is 20.1 Å². The van der Waals surface area contributed by atoms with Crippen molar-refractivity contribution in [1.82, 2.24) is 74.4 Å². The number of nitrogens with one attached hydrogen (secondary N) is 16. The lowest BCUT2D eigenvalue weighted by Crippen LogP contribution is -2.80. The SMILES string of the molecule is CC(C)C[C@H](NC(=O)[C@H](CCCCN)NC(=O)[C@H](CCCN=C(N)N)NC(=O)[C@H](C)NC(=O)[C@H](CO)NC[CH-]NCC=[NH+]C[CH-]NCCNCC=[NH+]C(=O)[C@H](Cc1ccccc1)NC(=O)CNC(=O)CNC(=O)[C@@H](N)Cc1ccccc1)C(=O)N[C@@H](C)C(=O)N[C@@H](CC(N)=O)C(=O)N[C@@H](CCC(N)=O)C(=O)O. The molecule has 2 aromatic rings. The maximum Gasteiger partial charge on any atom is 0.407 e. The Bertz CT molecular complexity index is 3260. The monoisotopic (exact) mass is 1510 g/mol. The molecular formula is C68H111N23O16. The summed E-state index contributed by atoms with van der Waals surface area (Å²) in [5.74, 6) is -12.4. The second-order valence-electron chi connectivity index (χ2n) is 25.2. The van der Waals surface area contributed by atoms with E-state index in [9.17, 15) is 77.3 Å². The van der Waals surface area contributed by atoms with E-state index >= 15 is 0 Å². The average molecular weight is 1510 g/mol. The molecule has 39 nitrogen and oxygen atoms in total. The van der Waals surface area contributed by atoms with Crippen LogP contribution in [-0.4, -0.2) is 244 Å². The number of benzene rings is 2. The predicted molar refractivity (Wildman–Crippen MR) is 394 cm³/mol. The Labute approximate surface area is 621 Å². The summed E-state index contributed by atoms with van der Waals surface area (Å²) in [4.78, 5) is 191. The highest BCUT2D eigenvalue weighted by atomic mass is 16.4. The molecule has 594 valence electrons. The topological polar surface area (TPSA) is 644 Å². The molecule has 0 saturated heterocycles. The number of nitrogens with zero attached hydrogens (tertiary/aromatic N) is 1. The molecule has 107 heavy (non-hydrogen) atoms. The van der Waals surface area contributed by atoms with Gasteiger partial charge >= 0.3 is 11.9 Å². The lowest BCUT2D eigenvalue weighted by Gasteiger charge is -2.27. The van der Waals surface area contributed by atoms with Crippen molar-refractivity contribution >= 4 is 101 Å². The molecule has 0 unspecified atom stereocenters. The van der Waals surface area contributed by atoms with Crippen molar-refractivity contribution in [3.63, 3.8) is 0 Å². The number of carboxylic acids is 1. The van der Waals surface area contributed by atoms with Crippen molar-refractivity contribution in [2.75, 3.05) is 72.1 Å². The molecular weight excluding hydrogens is 1390 g/mol. The molecule has 0 bridgehead atoms. The van der Waals surface area contributed by atoms with Gasteiger partial charge in [0.25, 0.3) is 0 Å². The summed E-state index contributed by atoms with van der Waals surface area (Å²) in [5, 5.41) is 56.7. The number of rotatable bonds is 56. The van der Waals surface area contributed by atoms with Crippen LogP contribution in [-0.2, 0) is 80.0 Å². The van der Waals surface area contributed by atoms with Crippen molar-refractivity contribution in [2.24, 2.45) is 45.3 Å². The van der Waals surface area contributed by atoms with Crippen molar-refractivity contribution in [2.45, 2.75) is 159 Å². The van der Waals surface area contributed by atoms with Gasteiger partial charge in [0.2, 0.25) is 70.9 Å². The molecule has 0 aliphatic carbocycles. The fourth-order valence-corrected chi connectivity index (χ4v) is 9.80. The molecule has 0 radical (unpaired) electrons. The number of aliphatic imine (C=N–C) groups is 1. The smallest absolute Gasteiger partial charge is 0.407 e. The third-order valence-corrected chi connectivity index (χ3v) is 15.5. The number of carbonyl (C=O) groups is 14. The Morgan fingerprint density at radius 3 is 1.67 bits per heavy atom. The number of hydrogen-bond acceptors (Lipinski definition) is 22. The molecule has 39 heteroatoms. The molecule has 0 spiro atoms. The van der Waals surface area contributed by atoms with Crippen LogP contribution in [0.2, 0.25) is 0 Å². The van der Waals surface area contributed by atoms with Gasteiger partial charge in [0, 0.05) is 39.0 Å². The van der Waals surface area contributed by atoms with E-state index in [1.807, 2.05) is 48.5 Å². The minimum atomic E-state index is -1.72. The number of aliphatic hydroxyl groups excluding tert-OH is 1. The van der Waals surface area contributed by atoms with Gasteiger partial charge < -0.3 is 119 Å². The molecule has 30 N–H and O–H groups in total. The van der Waals surface area contributed by atoms with Crippen LogP contribution in [0.15, 0.2) is 65.7 Å². The maximum absolute atomic E-state index is 14.2. The number of guanidine groups is 1. The standard InChI is InChI=1S/C68H109N23O16/c1-41(2)34-50(64(103)84-43(4)59(98)90-52(37-55(72)94)65(104)89-49(67(106)107)20-21-54(71)93)91-63(102)47(18-11-12-22-69)88-62(101)48(19-13-23-81-68(73)74)87-58(97)42(3)85-66(105)53(40-92)79-32-30-77-28-26-75-24-25-76-27-29-78-31-33-80-61(100)51(36-45-16-9-6-10-17-45)86-57(96)39-82-56(95)38-83-60(99)46(70)35-44-14-7-5-8-15-44/h5-10,14-17,25-26,30,33,41-43,46-53,76-79,92H,11-13,18-24,27-29,31-32,34-40,69-70H2,1-4H3,(H2,71,93)(H2,72,94)(H,82,95)(H,83,99)(H,84,103)(H,85,105)(H,86,96)(H,87,97)(H,88,101)(H,89,104)(H,90,98)(H,91,102)(H,106,107)(H4,73,74,81)/q-2/p+2/t42-,43-,46-,47-,48-,49-,50-,51-,52-,53-/m0/s1. The number of unbranched alkanes of at least 4 members (excludes halogenated alkanes) is 1. The first kappa shape index (κ1) is 92.6. The minimum absolute atomic E-state index is 0.00225. The summed E-state index contributed by atoms with van der Waals surface area (Å²) >= 11 is 0. The van der Waals surface area contributed by atoms with Crippen molar-refractivity contribution in [3.05, 3.63) is 84.9 Å². The number of carboxylic acid groups (broad SMARTS) is 1. The molecule has 2 aromatic carbocycles. The van der Waals surface area contributed by atoms with E-state index in [0.29, 0.717) is 45.6 Å². The fraction of sp³-hybridized carbons (Fsp3) is 0.544. The van der Waals surface area contributed by atoms with Gasteiger partial charge in [-0.2, -0.15) is 4.99 Å². The van der Waals surface area contributed by atoms with Crippen LogP contribution in [0.3, 0.4) is 0 Å². The van der Waals surface area contributed by atoms with Gasteiger partial charge in [0.15, 0.2) is 18.2 Å². The van der Waals surface area contributed by atoms with Crippen LogP contribution < -0.4 is 119 Å². The molecule has 10 atom stereocenters. The van der Waals surface area contributed by atoms with Gasteiger partial charge in [0.05, 0.1) is 38.7 Å². The largest absolute Gasteiger partial charge is 0.480 e. The summed E-state index contributed by atoms with van der Waals surface area (Å²) in [6.45, 7) is 10.5. The fourth-order valence-electron chi connectivity index (χ4n) is 9.80. The van der Waals surface area contributed by atoms with Crippen LogP contribution in [0.5, 0.6) is 0 Å². The summed E-state index contributed by atoms with van der Waals surface area (Å²) in [5.41, 5.74) is 34.8. The van der Waals surface area contributed by atoms with Crippen LogP contribution in [0.25, 0.3) is 0 Å². The zero-order valence-corrected chi connectivity index (χ0v) is 61.0. The second kappa shape index (κ2) is 53.3. The van der Waals surface area contributed by atoms with E-state index in [2.05, 4.69) is 89.4 Å². The first-order chi connectivity index (χ1) is 50.9. The van der Waals surface area contributed by atoms with Crippen LogP contribution in [0.4, 0.5) is 0 Å². The van der Waals surface area contributed by atoms with Crippen LogP contribution in [0.1, 0.15) is 96.6 Å². The van der Waals surface area contributed by atoms with Crippen LogP contribution in [0, 0.1) is 19.0 Å². The average Bonchev–Trinajstić information content (AvgIpc) is 0.878. The van der Waals surface area contributed by atoms with Gasteiger partial charge in [-0.25, -0.2) is 16.1 Å². The Morgan fingerprint density at radius 2 is 1.09 bits per heavy atom. The Morgan fingerprint density at radius 1 is 0.542 bits per heavy atom. The summed E-state index contributed by atoms with van der Waals surface area (Å²) in [6.07, 6.45) is 2.92. The van der Waals surface area contributed by atoms with Gasteiger partial charge in [-0.15, -0.1) is 6.54 Å². The van der Waals surface area contributed by atoms with E-state index in [0.717, 1.165) is 11.1 Å². The van der Waals surface area contributed by atoms with Gasteiger partial charge in [-0.3, -0.25) is 74.1 Å². The zero-order valence-electron chi connectivity index (χ0n) is 61.0. The number of primary amides is 2. The van der Waals surface area contributed by atoms with Crippen molar-refractivity contribution < 1.29 is 87.3 Å². The number of aliphatic hydroxyl groups is 1. The van der Waals surface area contributed by atoms with Crippen molar-refractivity contribution in [1.29, 1.82) is 0 Å². The van der Waals surface area contributed by atoms with E-state index in [-0.39, 0.29) is 70.0 Å². The summed E-state index contributed by atoms with van der Waals surface area (Å²) in [7, 11) is 0. The molecule has 0 fully saturated rings. The molecule has 0 aliphatic heterocycles. The molecule has 13 amide bonds. The highest BCUT2D eigenvalue weighted by Gasteiger charge is 2.35. The first-order valence-corrected chi connectivity index (χ1v) is 35.1. The van der Waals surface area contributed by atoms with Gasteiger partial charge in [-0.1, -0.05) is 74.5 Å². The Hall–Kier alpha value is -10.4. The maximum atomic E-state index is 14.2. The summed E-state index contributed by atoms with van der Waals surface area (Å²) < 4.78 is 0. The number of aliphatic carboxylic acids is 1. The molecule has 0 aromatic heterocycles. The quantitative estimate of drug-likeness (QED) is 0.0127. The minimum Gasteiger partial charge on any atom is -0.480 e.